The number of aliphatic hydroxyl groups excluding tert-OH is 1. The Balaban J connectivity index is 1.92. The monoisotopic (exact) mass is 249 g/mol. The van der Waals surface area contributed by atoms with Crippen LogP contribution in [0.4, 0.5) is 0 Å². The predicted octanol–water partition coefficient (Wildman–Crippen LogP) is 2.29. The van der Waals surface area contributed by atoms with Crippen molar-refractivity contribution in [2.24, 2.45) is 5.92 Å². The molecule has 0 aliphatic heterocycles. The number of para-hydroxylation sites is 1. The fourth-order valence-corrected chi connectivity index (χ4v) is 2.82. The second-order valence-corrected chi connectivity index (χ2v) is 5.27. The Morgan fingerprint density at radius 1 is 1.33 bits per heavy atom. The van der Waals surface area contributed by atoms with Gasteiger partial charge < -0.3 is 14.7 Å². The van der Waals surface area contributed by atoms with Gasteiger partial charge in [0, 0.05) is 18.7 Å². The summed E-state index contributed by atoms with van der Waals surface area (Å²) >= 11 is 0. The average molecular weight is 249 g/mol. The standard InChI is InChI=1S/C15H23NO2/c1-16(10-12-7-5-8-14(12)17)11-13-6-3-4-9-15(13)18-2/h3-4,6,9,12,14,17H,5,7-8,10-11H2,1-2H3. The molecule has 0 bridgehead atoms. The van der Waals surface area contributed by atoms with Gasteiger partial charge >= 0.3 is 0 Å². The highest BCUT2D eigenvalue weighted by Crippen LogP contribution is 2.27. The molecule has 0 radical (unpaired) electrons. The Bertz CT molecular complexity index is 381. The van der Waals surface area contributed by atoms with Crippen molar-refractivity contribution in [3.05, 3.63) is 29.8 Å². The maximum absolute atomic E-state index is 9.85. The summed E-state index contributed by atoms with van der Waals surface area (Å²) in [5.74, 6) is 1.38. The normalized spacial score (nSPS) is 23.6. The molecular weight excluding hydrogens is 226 g/mol. The van der Waals surface area contributed by atoms with Crippen LogP contribution in [0, 0.1) is 5.92 Å². The maximum atomic E-state index is 9.85. The van der Waals surface area contributed by atoms with Crippen LogP contribution in [0.25, 0.3) is 0 Å². The van der Waals surface area contributed by atoms with Crippen LogP contribution in [0.1, 0.15) is 24.8 Å². The lowest BCUT2D eigenvalue weighted by atomic mass is 10.1. The van der Waals surface area contributed by atoms with Gasteiger partial charge in [0.2, 0.25) is 0 Å². The fourth-order valence-electron chi connectivity index (χ4n) is 2.82. The zero-order chi connectivity index (χ0) is 13.0. The summed E-state index contributed by atoms with van der Waals surface area (Å²) in [6.45, 7) is 1.83. The first-order valence-corrected chi connectivity index (χ1v) is 6.69. The van der Waals surface area contributed by atoms with Gasteiger partial charge in [0.15, 0.2) is 0 Å². The first kappa shape index (κ1) is 13.4. The number of aliphatic hydroxyl groups is 1. The van der Waals surface area contributed by atoms with Crippen LogP contribution in [0.2, 0.25) is 0 Å². The molecule has 3 nitrogen and oxygen atoms in total. The molecule has 18 heavy (non-hydrogen) atoms. The van der Waals surface area contributed by atoms with Gasteiger partial charge in [-0.15, -0.1) is 0 Å². The van der Waals surface area contributed by atoms with Gasteiger partial charge in [0.05, 0.1) is 13.2 Å². The Hall–Kier alpha value is -1.06. The van der Waals surface area contributed by atoms with Gasteiger partial charge in [-0.2, -0.15) is 0 Å². The number of benzene rings is 1. The summed E-state index contributed by atoms with van der Waals surface area (Å²) in [5, 5.41) is 9.85. The molecule has 2 rings (SSSR count). The van der Waals surface area contributed by atoms with Gasteiger partial charge in [-0.1, -0.05) is 24.6 Å². The maximum Gasteiger partial charge on any atom is 0.123 e. The van der Waals surface area contributed by atoms with E-state index >= 15 is 0 Å². The zero-order valence-electron chi connectivity index (χ0n) is 11.3. The molecule has 1 N–H and O–H groups in total. The van der Waals surface area contributed by atoms with E-state index in [9.17, 15) is 5.11 Å². The van der Waals surface area contributed by atoms with E-state index in [0.29, 0.717) is 5.92 Å². The Morgan fingerprint density at radius 3 is 2.78 bits per heavy atom. The Labute approximate surface area is 109 Å². The van der Waals surface area contributed by atoms with Crippen LogP contribution < -0.4 is 4.74 Å². The first-order chi connectivity index (χ1) is 8.70. The molecule has 3 heteroatoms. The molecule has 0 saturated heterocycles. The first-order valence-electron chi connectivity index (χ1n) is 6.69. The van der Waals surface area contributed by atoms with Crippen LogP contribution in [0.15, 0.2) is 24.3 Å². The second kappa shape index (κ2) is 6.21. The molecule has 2 unspecified atom stereocenters. The number of nitrogens with zero attached hydrogens (tertiary/aromatic N) is 1. The fraction of sp³-hybridized carbons (Fsp3) is 0.600. The van der Waals surface area contributed by atoms with Crippen molar-refractivity contribution in [2.75, 3.05) is 20.7 Å². The van der Waals surface area contributed by atoms with Crippen molar-refractivity contribution < 1.29 is 9.84 Å². The molecule has 2 atom stereocenters. The number of ether oxygens (including phenoxy) is 1. The van der Waals surface area contributed by atoms with Crippen molar-refractivity contribution >= 4 is 0 Å². The Morgan fingerprint density at radius 2 is 2.11 bits per heavy atom. The van der Waals surface area contributed by atoms with E-state index in [-0.39, 0.29) is 6.10 Å². The van der Waals surface area contributed by atoms with Crippen LogP contribution in [-0.2, 0) is 6.54 Å². The number of hydrogen-bond donors (Lipinski definition) is 1. The minimum Gasteiger partial charge on any atom is -0.496 e. The van der Waals surface area contributed by atoms with Gasteiger partial charge in [0.25, 0.3) is 0 Å². The van der Waals surface area contributed by atoms with E-state index in [0.717, 1.165) is 38.1 Å². The predicted molar refractivity (Wildman–Crippen MR) is 72.7 cm³/mol. The molecule has 100 valence electrons. The smallest absolute Gasteiger partial charge is 0.123 e. The highest BCUT2D eigenvalue weighted by Gasteiger charge is 2.26. The summed E-state index contributed by atoms with van der Waals surface area (Å²) in [6.07, 6.45) is 3.17. The third-order valence-electron chi connectivity index (χ3n) is 3.80. The summed E-state index contributed by atoms with van der Waals surface area (Å²) in [7, 11) is 3.82. The van der Waals surface area contributed by atoms with Crippen LogP contribution in [0.3, 0.4) is 0 Å². The molecule has 1 aliphatic carbocycles. The van der Waals surface area contributed by atoms with E-state index in [1.165, 1.54) is 5.56 Å². The summed E-state index contributed by atoms with van der Waals surface area (Å²) < 4.78 is 5.36. The van der Waals surface area contributed by atoms with Gasteiger partial charge in [-0.3, -0.25) is 0 Å². The minimum absolute atomic E-state index is 0.106. The van der Waals surface area contributed by atoms with Crippen LogP contribution >= 0.6 is 0 Å². The molecule has 0 heterocycles. The number of methoxy groups -OCH3 is 1. The Kier molecular flexibility index (Phi) is 4.61. The van der Waals surface area contributed by atoms with Crippen molar-refractivity contribution in [1.82, 2.24) is 4.90 Å². The minimum atomic E-state index is -0.106. The van der Waals surface area contributed by atoms with E-state index in [4.69, 9.17) is 4.74 Å². The SMILES string of the molecule is COc1ccccc1CN(C)CC1CCCC1O. The van der Waals surface area contributed by atoms with Gasteiger partial charge in [-0.05, 0) is 31.9 Å². The molecule has 0 amide bonds. The summed E-state index contributed by atoms with van der Waals surface area (Å²) in [5.41, 5.74) is 1.20. The lowest BCUT2D eigenvalue weighted by molar-refractivity contribution is 0.107. The number of hydrogen-bond acceptors (Lipinski definition) is 3. The van der Waals surface area contributed by atoms with E-state index in [1.807, 2.05) is 18.2 Å². The lowest BCUT2D eigenvalue weighted by Gasteiger charge is -2.23. The molecule has 1 fully saturated rings. The molecule has 0 spiro atoms. The number of rotatable bonds is 5. The average Bonchev–Trinajstić information content (AvgIpc) is 2.75. The van der Waals surface area contributed by atoms with E-state index in [2.05, 4.69) is 18.0 Å². The van der Waals surface area contributed by atoms with Crippen LogP contribution in [0.5, 0.6) is 5.75 Å². The van der Waals surface area contributed by atoms with Crippen molar-refractivity contribution in [2.45, 2.75) is 31.9 Å². The van der Waals surface area contributed by atoms with Gasteiger partial charge in [-0.25, -0.2) is 0 Å². The molecule has 1 saturated carbocycles. The van der Waals surface area contributed by atoms with E-state index in [1.54, 1.807) is 7.11 Å². The van der Waals surface area contributed by atoms with Crippen LogP contribution in [-0.4, -0.2) is 36.8 Å². The van der Waals surface area contributed by atoms with Crippen molar-refractivity contribution in [3.63, 3.8) is 0 Å². The van der Waals surface area contributed by atoms with Crippen molar-refractivity contribution in [3.8, 4) is 5.75 Å². The summed E-state index contributed by atoms with van der Waals surface area (Å²) in [4.78, 5) is 2.27. The molecule has 0 aromatic heterocycles. The van der Waals surface area contributed by atoms with Crippen molar-refractivity contribution in [1.29, 1.82) is 0 Å². The highest BCUT2D eigenvalue weighted by molar-refractivity contribution is 5.32. The van der Waals surface area contributed by atoms with Gasteiger partial charge in [0.1, 0.15) is 5.75 Å². The second-order valence-electron chi connectivity index (χ2n) is 5.27. The topological polar surface area (TPSA) is 32.7 Å². The lowest BCUT2D eigenvalue weighted by Crippen LogP contribution is -2.29. The summed E-state index contributed by atoms with van der Waals surface area (Å²) in [6, 6.07) is 8.12. The molecular formula is C15H23NO2. The quantitative estimate of drug-likeness (QED) is 0.869. The highest BCUT2D eigenvalue weighted by atomic mass is 16.5. The molecule has 1 aromatic rings. The molecule has 1 aromatic carbocycles. The third-order valence-corrected chi connectivity index (χ3v) is 3.80. The largest absolute Gasteiger partial charge is 0.496 e. The van der Waals surface area contributed by atoms with E-state index < -0.39 is 0 Å². The zero-order valence-corrected chi connectivity index (χ0v) is 11.3. The third kappa shape index (κ3) is 3.24. The molecule has 1 aliphatic rings.